The monoisotopic (exact) mass is 352 g/mol. The van der Waals surface area contributed by atoms with Crippen molar-refractivity contribution in [2.75, 3.05) is 13.6 Å². The number of hydrogen-bond donors (Lipinski definition) is 1. The lowest BCUT2D eigenvalue weighted by Crippen LogP contribution is -2.33. The molecule has 25 heavy (non-hydrogen) atoms. The Morgan fingerprint density at radius 1 is 1.36 bits per heavy atom. The molecule has 0 saturated carbocycles. The first-order valence-electron chi connectivity index (χ1n) is 7.65. The molecule has 1 amide bonds. The zero-order chi connectivity index (χ0) is 18.6. The van der Waals surface area contributed by atoms with Crippen LogP contribution in [0, 0.1) is 17.6 Å². The highest BCUT2D eigenvalue weighted by atomic mass is 19.1. The van der Waals surface area contributed by atoms with E-state index in [1.165, 1.54) is 31.1 Å². The minimum atomic E-state index is -0.974. The summed E-state index contributed by atoms with van der Waals surface area (Å²) in [5.74, 6) is -2.95. The highest BCUT2D eigenvalue weighted by molar-refractivity contribution is 5.77. The number of halogens is 2. The van der Waals surface area contributed by atoms with Crippen LogP contribution in [-0.2, 0) is 16.0 Å². The van der Waals surface area contributed by atoms with Crippen LogP contribution in [0.15, 0.2) is 28.8 Å². The number of hydrogen-bond acceptors (Lipinski definition) is 4. The number of benzene rings is 1. The van der Waals surface area contributed by atoms with Crippen LogP contribution < -0.4 is 0 Å². The van der Waals surface area contributed by atoms with E-state index in [1.54, 1.807) is 0 Å². The Kier molecular flexibility index (Phi) is 5.84. The van der Waals surface area contributed by atoms with Gasteiger partial charge < -0.3 is 14.4 Å². The first-order valence-corrected chi connectivity index (χ1v) is 7.65. The van der Waals surface area contributed by atoms with Gasteiger partial charge in [0.05, 0.1) is 17.7 Å². The van der Waals surface area contributed by atoms with Crippen LogP contribution in [0.4, 0.5) is 8.78 Å². The van der Waals surface area contributed by atoms with Crippen molar-refractivity contribution in [2.45, 2.75) is 19.8 Å². The second-order valence-electron chi connectivity index (χ2n) is 5.76. The smallest absolute Gasteiger partial charge is 0.308 e. The molecule has 0 fully saturated rings. The van der Waals surface area contributed by atoms with Gasteiger partial charge in [0.25, 0.3) is 0 Å². The summed E-state index contributed by atoms with van der Waals surface area (Å²) in [6.07, 6.45) is 1.58. The Hall–Kier alpha value is -2.77. The Morgan fingerprint density at radius 2 is 2.08 bits per heavy atom. The van der Waals surface area contributed by atoms with E-state index < -0.39 is 23.5 Å². The van der Waals surface area contributed by atoms with Crippen molar-refractivity contribution in [1.82, 2.24) is 9.88 Å². The second-order valence-corrected chi connectivity index (χ2v) is 5.76. The van der Waals surface area contributed by atoms with Crippen LogP contribution in [0.5, 0.6) is 0 Å². The summed E-state index contributed by atoms with van der Waals surface area (Å²) in [4.78, 5) is 28.1. The molecule has 8 heteroatoms. The number of nitrogens with zero attached hydrogens (tertiary/aromatic N) is 2. The topological polar surface area (TPSA) is 83.6 Å². The van der Waals surface area contributed by atoms with Gasteiger partial charge in [-0.05, 0) is 12.1 Å². The van der Waals surface area contributed by atoms with E-state index in [-0.39, 0.29) is 42.5 Å². The first-order chi connectivity index (χ1) is 11.8. The second kappa shape index (κ2) is 7.87. The molecule has 1 aromatic heterocycles. The van der Waals surface area contributed by atoms with Gasteiger partial charge in [0, 0.05) is 32.5 Å². The average molecular weight is 352 g/mol. The van der Waals surface area contributed by atoms with Gasteiger partial charge in [-0.3, -0.25) is 9.59 Å². The molecule has 0 aliphatic rings. The number of aromatic nitrogens is 1. The lowest BCUT2D eigenvalue weighted by atomic mass is 10.1. The maximum absolute atomic E-state index is 13.7. The van der Waals surface area contributed by atoms with Crippen molar-refractivity contribution in [3.05, 3.63) is 41.9 Å². The lowest BCUT2D eigenvalue weighted by molar-refractivity contribution is -0.142. The zero-order valence-electron chi connectivity index (χ0n) is 13.8. The van der Waals surface area contributed by atoms with Gasteiger partial charge in [-0.25, -0.2) is 13.8 Å². The SMILES string of the molecule is CC(CN(C)C(=O)CCc1ncc(-c2ccc(F)cc2F)o1)C(=O)O. The number of oxazole rings is 1. The minimum absolute atomic E-state index is 0.0781. The molecule has 0 bridgehead atoms. The van der Waals surface area contributed by atoms with Crippen LogP contribution in [0.25, 0.3) is 11.3 Å². The van der Waals surface area contributed by atoms with E-state index in [1.807, 2.05) is 0 Å². The van der Waals surface area contributed by atoms with Crippen molar-refractivity contribution < 1.29 is 27.9 Å². The summed E-state index contributed by atoms with van der Waals surface area (Å²) in [5.41, 5.74) is 0.0823. The van der Waals surface area contributed by atoms with E-state index in [0.29, 0.717) is 0 Å². The molecule has 0 radical (unpaired) electrons. The van der Waals surface area contributed by atoms with Gasteiger partial charge in [0.2, 0.25) is 5.91 Å². The largest absolute Gasteiger partial charge is 0.481 e. The van der Waals surface area contributed by atoms with Gasteiger partial charge >= 0.3 is 5.97 Å². The summed E-state index contributed by atoms with van der Waals surface area (Å²) in [7, 11) is 1.52. The fraction of sp³-hybridized carbons (Fsp3) is 0.353. The van der Waals surface area contributed by atoms with Gasteiger partial charge in [-0.2, -0.15) is 0 Å². The number of amides is 1. The summed E-state index contributed by atoms with van der Waals surface area (Å²) in [6, 6.07) is 3.11. The molecule has 0 aliphatic heterocycles. The zero-order valence-corrected chi connectivity index (χ0v) is 13.8. The molecule has 1 aromatic carbocycles. The van der Waals surface area contributed by atoms with Crippen molar-refractivity contribution in [1.29, 1.82) is 0 Å². The van der Waals surface area contributed by atoms with Crippen LogP contribution in [-0.4, -0.2) is 40.5 Å². The van der Waals surface area contributed by atoms with Gasteiger partial charge in [0.15, 0.2) is 11.7 Å². The molecular weight excluding hydrogens is 334 g/mol. The number of carboxylic acid groups (broad SMARTS) is 1. The van der Waals surface area contributed by atoms with E-state index >= 15 is 0 Å². The van der Waals surface area contributed by atoms with Crippen LogP contribution >= 0.6 is 0 Å². The van der Waals surface area contributed by atoms with Crippen molar-refractivity contribution in [2.24, 2.45) is 5.92 Å². The third kappa shape index (κ3) is 4.85. The first kappa shape index (κ1) is 18.6. The molecule has 134 valence electrons. The predicted molar refractivity (Wildman–Crippen MR) is 84.6 cm³/mol. The van der Waals surface area contributed by atoms with Gasteiger partial charge in [0.1, 0.15) is 11.6 Å². The number of rotatable bonds is 7. The average Bonchev–Trinajstić information content (AvgIpc) is 3.00. The molecule has 1 atom stereocenters. The molecule has 0 saturated heterocycles. The molecule has 0 aliphatic carbocycles. The number of carbonyl (C=O) groups excluding carboxylic acids is 1. The Labute approximate surface area is 143 Å². The highest BCUT2D eigenvalue weighted by Crippen LogP contribution is 2.24. The predicted octanol–water partition coefficient (Wildman–Crippen LogP) is 2.73. The van der Waals surface area contributed by atoms with E-state index in [4.69, 9.17) is 9.52 Å². The Balaban J connectivity index is 1.95. The number of carboxylic acids is 1. The van der Waals surface area contributed by atoms with E-state index in [0.717, 1.165) is 12.1 Å². The molecule has 1 N–H and O–H groups in total. The number of aryl methyl sites for hydroxylation is 1. The lowest BCUT2D eigenvalue weighted by Gasteiger charge is -2.19. The number of carbonyl (C=O) groups is 2. The molecule has 1 heterocycles. The quantitative estimate of drug-likeness (QED) is 0.828. The van der Waals surface area contributed by atoms with Gasteiger partial charge in [-0.15, -0.1) is 0 Å². The van der Waals surface area contributed by atoms with Crippen LogP contribution in [0.3, 0.4) is 0 Å². The molecule has 1 unspecified atom stereocenters. The third-order valence-corrected chi connectivity index (χ3v) is 3.70. The maximum atomic E-state index is 13.7. The molecule has 2 rings (SSSR count). The van der Waals surface area contributed by atoms with E-state index in [2.05, 4.69) is 4.98 Å². The minimum Gasteiger partial charge on any atom is -0.481 e. The third-order valence-electron chi connectivity index (χ3n) is 3.70. The molecule has 0 spiro atoms. The molecule has 2 aromatic rings. The van der Waals surface area contributed by atoms with Gasteiger partial charge in [-0.1, -0.05) is 6.92 Å². The molecule has 6 nitrogen and oxygen atoms in total. The van der Waals surface area contributed by atoms with Crippen LogP contribution in [0.1, 0.15) is 19.2 Å². The normalized spacial score (nSPS) is 12.0. The summed E-state index contributed by atoms with van der Waals surface area (Å²) in [5, 5.41) is 8.85. The van der Waals surface area contributed by atoms with Crippen LogP contribution in [0.2, 0.25) is 0 Å². The number of aliphatic carboxylic acids is 1. The Morgan fingerprint density at radius 3 is 2.72 bits per heavy atom. The van der Waals surface area contributed by atoms with Crippen molar-refractivity contribution >= 4 is 11.9 Å². The maximum Gasteiger partial charge on any atom is 0.308 e. The standard InChI is InChI=1S/C17H18F2N2O4/c1-10(17(23)24)9-21(2)16(22)6-5-15-20-8-14(25-15)12-4-3-11(18)7-13(12)19/h3-4,7-8,10H,5-6,9H2,1-2H3,(H,23,24). The fourth-order valence-corrected chi connectivity index (χ4v) is 2.24. The highest BCUT2D eigenvalue weighted by Gasteiger charge is 2.18. The fourth-order valence-electron chi connectivity index (χ4n) is 2.24. The Bertz CT molecular complexity index is 776. The summed E-state index contributed by atoms with van der Waals surface area (Å²) >= 11 is 0. The van der Waals surface area contributed by atoms with Crippen molar-refractivity contribution in [3.8, 4) is 11.3 Å². The molecular formula is C17H18F2N2O4. The summed E-state index contributed by atoms with van der Waals surface area (Å²) in [6.45, 7) is 1.62. The summed E-state index contributed by atoms with van der Waals surface area (Å²) < 4.78 is 32.0. The van der Waals surface area contributed by atoms with E-state index in [9.17, 15) is 18.4 Å². The van der Waals surface area contributed by atoms with Crippen molar-refractivity contribution in [3.63, 3.8) is 0 Å².